The van der Waals surface area contributed by atoms with Crippen LogP contribution >= 0.6 is 0 Å². The average Bonchev–Trinajstić information content (AvgIpc) is 2.56. The number of benzene rings is 2. The molecular formula is C18H23N3O2. The van der Waals surface area contributed by atoms with Gasteiger partial charge in [-0.25, -0.2) is 4.79 Å². The van der Waals surface area contributed by atoms with Gasteiger partial charge in [0.2, 0.25) is 0 Å². The molecule has 0 aliphatic heterocycles. The number of nitrogens with zero attached hydrogens (tertiary/aromatic N) is 2. The number of anilines is 2. The molecule has 2 aromatic rings. The Bertz CT molecular complexity index is 629. The summed E-state index contributed by atoms with van der Waals surface area (Å²) < 4.78 is 5.61. The number of hydrogen-bond acceptors (Lipinski definition) is 3. The predicted octanol–water partition coefficient (Wildman–Crippen LogP) is 3.30. The van der Waals surface area contributed by atoms with E-state index in [2.05, 4.69) is 5.32 Å². The lowest BCUT2D eigenvalue weighted by Gasteiger charge is -2.21. The second-order valence-corrected chi connectivity index (χ2v) is 5.42. The summed E-state index contributed by atoms with van der Waals surface area (Å²) in [6, 6.07) is 17.1. The van der Waals surface area contributed by atoms with Crippen LogP contribution in [0.5, 0.6) is 5.75 Å². The fourth-order valence-electron chi connectivity index (χ4n) is 2.10. The molecule has 0 heterocycles. The van der Waals surface area contributed by atoms with Crippen molar-refractivity contribution >= 4 is 17.4 Å². The van der Waals surface area contributed by atoms with Gasteiger partial charge in [-0.3, -0.25) is 0 Å². The number of amides is 2. The first kappa shape index (κ1) is 16.7. The van der Waals surface area contributed by atoms with Crippen LogP contribution in [0.25, 0.3) is 0 Å². The van der Waals surface area contributed by atoms with Gasteiger partial charge in [0, 0.05) is 21.1 Å². The second kappa shape index (κ2) is 8.08. The molecular weight excluding hydrogens is 290 g/mol. The van der Waals surface area contributed by atoms with E-state index in [0.29, 0.717) is 13.2 Å². The molecule has 0 spiro atoms. The number of ether oxygens (including phenoxy) is 1. The number of carbonyl (C=O) groups excluding carboxylic acids is 1. The SMILES string of the molecule is CN(CCOc1ccccc1)C(=O)Nc1ccccc1N(C)C. The third-order valence-electron chi connectivity index (χ3n) is 3.41. The first-order valence-electron chi connectivity index (χ1n) is 7.54. The third kappa shape index (κ3) is 4.92. The molecule has 0 atom stereocenters. The summed E-state index contributed by atoms with van der Waals surface area (Å²) in [7, 11) is 5.65. The van der Waals surface area contributed by atoms with Crippen molar-refractivity contribution in [1.29, 1.82) is 0 Å². The minimum Gasteiger partial charge on any atom is -0.492 e. The molecule has 0 fully saturated rings. The number of urea groups is 1. The number of carbonyl (C=O) groups is 1. The largest absolute Gasteiger partial charge is 0.492 e. The monoisotopic (exact) mass is 313 g/mol. The van der Waals surface area contributed by atoms with E-state index in [0.717, 1.165) is 17.1 Å². The fourth-order valence-corrected chi connectivity index (χ4v) is 2.10. The lowest BCUT2D eigenvalue weighted by atomic mass is 10.2. The zero-order chi connectivity index (χ0) is 16.7. The van der Waals surface area contributed by atoms with E-state index < -0.39 is 0 Å². The Morgan fingerprint density at radius 1 is 1.00 bits per heavy atom. The van der Waals surface area contributed by atoms with Crippen molar-refractivity contribution in [2.45, 2.75) is 0 Å². The fraction of sp³-hybridized carbons (Fsp3) is 0.278. The number of nitrogens with one attached hydrogen (secondary N) is 1. The molecule has 0 bridgehead atoms. The highest BCUT2D eigenvalue weighted by Gasteiger charge is 2.11. The first-order valence-corrected chi connectivity index (χ1v) is 7.54. The van der Waals surface area contributed by atoms with Crippen LogP contribution in [0.15, 0.2) is 54.6 Å². The maximum Gasteiger partial charge on any atom is 0.321 e. The number of likely N-dealkylation sites (N-methyl/N-ethyl adjacent to an activating group) is 1. The van der Waals surface area contributed by atoms with Gasteiger partial charge in [0.25, 0.3) is 0 Å². The van der Waals surface area contributed by atoms with Crippen molar-refractivity contribution in [3.8, 4) is 5.75 Å². The van der Waals surface area contributed by atoms with E-state index >= 15 is 0 Å². The quantitative estimate of drug-likeness (QED) is 0.890. The van der Waals surface area contributed by atoms with Crippen LogP contribution in [-0.2, 0) is 0 Å². The van der Waals surface area contributed by atoms with Gasteiger partial charge in [-0.05, 0) is 24.3 Å². The summed E-state index contributed by atoms with van der Waals surface area (Å²) in [6.45, 7) is 0.952. The van der Waals surface area contributed by atoms with Crippen molar-refractivity contribution in [2.24, 2.45) is 0 Å². The lowest BCUT2D eigenvalue weighted by molar-refractivity contribution is 0.207. The molecule has 0 aliphatic rings. The lowest BCUT2D eigenvalue weighted by Crippen LogP contribution is -2.34. The van der Waals surface area contributed by atoms with Crippen LogP contribution in [0.2, 0.25) is 0 Å². The van der Waals surface area contributed by atoms with Crippen LogP contribution in [0.1, 0.15) is 0 Å². The van der Waals surface area contributed by atoms with Crippen LogP contribution in [0.3, 0.4) is 0 Å². The summed E-state index contributed by atoms with van der Waals surface area (Å²) in [6.07, 6.45) is 0. The molecule has 5 nitrogen and oxygen atoms in total. The normalized spacial score (nSPS) is 10.0. The standard InChI is InChI=1S/C18H23N3O2/c1-20(2)17-12-8-7-11-16(17)19-18(22)21(3)13-14-23-15-9-5-4-6-10-15/h4-12H,13-14H2,1-3H3,(H,19,22). The van der Waals surface area contributed by atoms with Gasteiger partial charge in [0.1, 0.15) is 12.4 Å². The van der Waals surface area contributed by atoms with Crippen LogP contribution < -0.4 is 15.0 Å². The maximum absolute atomic E-state index is 12.3. The average molecular weight is 313 g/mol. The first-order chi connectivity index (χ1) is 11.1. The highest BCUT2D eigenvalue weighted by Crippen LogP contribution is 2.23. The van der Waals surface area contributed by atoms with Crippen molar-refractivity contribution in [3.63, 3.8) is 0 Å². The van der Waals surface area contributed by atoms with Crippen LogP contribution in [-0.4, -0.2) is 45.2 Å². The molecule has 0 aliphatic carbocycles. The minimum atomic E-state index is -0.157. The van der Waals surface area contributed by atoms with E-state index in [1.807, 2.05) is 73.6 Å². The Hall–Kier alpha value is -2.69. The van der Waals surface area contributed by atoms with Crippen molar-refractivity contribution in [3.05, 3.63) is 54.6 Å². The molecule has 2 amide bonds. The zero-order valence-electron chi connectivity index (χ0n) is 13.8. The number of rotatable bonds is 6. The van der Waals surface area contributed by atoms with Gasteiger partial charge >= 0.3 is 6.03 Å². The third-order valence-corrected chi connectivity index (χ3v) is 3.41. The number of hydrogen-bond donors (Lipinski definition) is 1. The molecule has 0 saturated carbocycles. The molecule has 23 heavy (non-hydrogen) atoms. The molecule has 0 unspecified atom stereocenters. The highest BCUT2D eigenvalue weighted by molar-refractivity contribution is 5.93. The van der Waals surface area contributed by atoms with E-state index in [1.54, 1.807) is 11.9 Å². The van der Waals surface area contributed by atoms with Crippen molar-refractivity contribution in [1.82, 2.24) is 4.90 Å². The summed E-state index contributed by atoms with van der Waals surface area (Å²) in [5.74, 6) is 0.805. The summed E-state index contributed by atoms with van der Waals surface area (Å²) >= 11 is 0. The molecule has 1 N–H and O–H groups in total. The Morgan fingerprint density at radius 2 is 1.65 bits per heavy atom. The zero-order valence-corrected chi connectivity index (χ0v) is 13.8. The van der Waals surface area contributed by atoms with Crippen LogP contribution in [0.4, 0.5) is 16.2 Å². The van der Waals surface area contributed by atoms with Gasteiger partial charge in [0.05, 0.1) is 17.9 Å². The predicted molar refractivity (Wildman–Crippen MR) is 94.4 cm³/mol. The molecule has 0 radical (unpaired) electrons. The van der Waals surface area contributed by atoms with Gasteiger partial charge < -0.3 is 19.9 Å². The van der Waals surface area contributed by atoms with Crippen molar-refractivity contribution in [2.75, 3.05) is 44.5 Å². The van der Waals surface area contributed by atoms with E-state index in [9.17, 15) is 4.79 Å². The summed E-state index contributed by atoms with van der Waals surface area (Å²) in [5.41, 5.74) is 1.76. The van der Waals surface area contributed by atoms with E-state index in [4.69, 9.17) is 4.74 Å². The minimum absolute atomic E-state index is 0.157. The number of para-hydroxylation sites is 3. The van der Waals surface area contributed by atoms with Gasteiger partial charge in [-0.15, -0.1) is 0 Å². The maximum atomic E-state index is 12.3. The van der Waals surface area contributed by atoms with Gasteiger partial charge in [0.15, 0.2) is 0 Å². The second-order valence-electron chi connectivity index (χ2n) is 5.42. The molecule has 2 rings (SSSR count). The smallest absolute Gasteiger partial charge is 0.321 e. The van der Waals surface area contributed by atoms with E-state index in [-0.39, 0.29) is 6.03 Å². The molecule has 0 aromatic heterocycles. The summed E-state index contributed by atoms with van der Waals surface area (Å²) in [5, 5.41) is 2.93. The Morgan fingerprint density at radius 3 is 2.35 bits per heavy atom. The molecule has 0 saturated heterocycles. The Kier molecular flexibility index (Phi) is 5.86. The van der Waals surface area contributed by atoms with Gasteiger partial charge in [-0.1, -0.05) is 30.3 Å². The Labute approximate surface area is 137 Å². The highest BCUT2D eigenvalue weighted by atomic mass is 16.5. The Balaban J connectivity index is 1.86. The van der Waals surface area contributed by atoms with E-state index in [1.165, 1.54) is 0 Å². The van der Waals surface area contributed by atoms with Crippen molar-refractivity contribution < 1.29 is 9.53 Å². The summed E-state index contributed by atoms with van der Waals surface area (Å²) in [4.78, 5) is 15.8. The van der Waals surface area contributed by atoms with Gasteiger partial charge in [-0.2, -0.15) is 0 Å². The topological polar surface area (TPSA) is 44.8 Å². The molecule has 2 aromatic carbocycles. The molecule has 5 heteroatoms. The molecule has 122 valence electrons. The van der Waals surface area contributed by atoms with Crippen LogP contribution in [0, 0.1) is 0 Å².